The lowest BCUT2D eigenvalue weighted by molar-refractivity contribution is -0.147. The third kappa shape index (κ3) is 2.91. The number of ether oxygens (including phenoxy) is 2. The number of aromatic nitrogens is 2. The van der Waals surface area contributed by atoms with Crippen LogP contribution in [-0.4, -0.2) is 34.6 Å². The molecule has 8 heteroatoms. The lowest BCUT2D eigenvalue weighted by atomic mass is 9.90. The van der Waals surface area contributed by atoms with Gasteiger partial charge in [0, 0.05) is 17.0 Å². The Balaban J connectivity index is 1.85. The summed E-state index contributed by atoms with van der Waals surface area (Å²) >= 11 is 2.18. The molecule has 1 fully saturated rings. The van der Waals surface area contributed by atoms with Gasteiger partial charge in [-0.15, -0.1) is 0 Å². The van der Waals surface area contributed by atoms with E-state index in [4.69, 9.17) is 9.47 Å². The maximum absolute atomic E-state index is 13.0. The zero-order valence-corrected chi connectivity index (χ0v) is 17.2. The molecule has 1 aliphatic heterocycles. The number of benzene rings is 1. The van der Waals surface area contributed by atoms with Crippen molar-refractivity contribution < 1.29 is 19.1 Å². The Morgan fingerprint density at radius 3 is 2.89 bits per heavy atom. The van der Waals surface area contributed by atoms with Crippen LogP contribution in [0.5, 0.6) is 5.75 Å². The van der Waals surface area contributed by atoms with Gasteiger partial charge in [-0.1, -0.05) is 0 Å². The molecule has 140 valence electrons. The Labute approximate surface area is 168 Å². The number of esters is 1. The van der Waals surface area contributed by atoms with Gasteiger partial charge in [-0.05, 0) is 48.6 Å². The monoisotopic (exact) mass is 479 g/mol. The third-order valence-corrected chi connectivity index (χ3v) is 5.76. The van der Waals surface area contributed by atoms with Crippen LogP contribution in [0.3, 0.4) is 0 Å². The van der Waals surface area contributed by atoms with Crippen LogP contribution >= 0.6 is 22.6 Å². The number of carbonyl (C=O) groups is 2. The average Bonchev–Trinajstić information content (AvgIpc) is 3.11. The number of amides is 1. The van der Waals surface area contributed by atoms with E-state index in [0.717, 1.165) is 25.4 Å². The van der Waals surface area contributed by atoms with Gasteiger partial charge in [-0.3, -0.25) is 14.6 Å². The van der Waals surface area contributed by atoms with Crippen molar-refractivity contribution in [1.29, 1.82) is 0 Å². The molecule has 0 bridgehead atoms. The van der Waals surface area contributed by atoms with Gasteiger partial charge >= 0.3 is 5.97 Å². The van der Waals surface area contributed by atoms with Gasteiger partial charge in [0.25, 0.3) is 0 Å². The minimum Gasteiger partial charge on any atom is -0.493 e. The smallest absolute Gasteiger partial charge is 0.307 e. The van der Waals surface area contributed by atoms with Gasteiger partial charge in [-0.25, -0.2) is 0 Å². The average molecular weight is 479 g/mol. The molecule has 1 aromatic carbocycles. The van der Waals surface area contributed by atoms with Gasteiger partial charge in [-0.2, -0.15) is 0 Å². The molecule has 4 rings (SSSR count). The summed E-state index contributed by atoms with van der Waals surface area (Å²) in [5.41, 5.74) is 1.33. The van der Waals surface area contributed by atoms with Crippen LogP contribution in [0, 0.1) is 9.49 Å². The molecular formula is C19H18IN3O4. The van der Waals surface area contributed by atoms with E-state index in [-0.39, 0.29) is 18.3 Å². The zero-order valence-electron chi connectivity index (χ0n) is 15.1. The summed E-state index contributed by atoms with van der Waals surface area (Å²) in [6, 6.07) is 3.93. The number of hydrogen-bond donors (Lipinski definition) is 2. The van der Waals surface area contributed by atoms with E-state index in [1.165, 1.54) is 0 Å². The SMILES string of the molecule is COc1c(I)cc2c([nH]c3cnccc32)c1NC(=O)C1CC(=O)OC1(C)C. The normalized spacial score (nSPS) is 18.7. The first-order chi connectivity index (χ1) is 12.8. The highest BCUT2D eigenvalue weighted by atomic mass is 127. The number of pyridine rings is 1. The molecule has 2 N–H and O–H groups in total. The number of nitrogens with zero attached hydrogens (tertiary/aromatic N) is 1. The fourth-order valence-electron chi connectivity index (χ4n) is 3.59. The Morgan fingerprint density at radius 1 is 1.44 bits per heavy atom. The van der Waals surface area contributed by atoms with Crippen LogP contribution in [0.15, 0.2) is 24.5 Å². The standard InChI is InChI=1S/C19H18IN3O4/c1-19(2)11(7-14(24)27-19)18(25)23-16-15-10(6-12(20)17(16)26-3)9-4-5-21-8-13(9)22-15/h4-6,8,11,22H,7H2,1-3H3,(H,23,25). The number of H-pyrrole nitrogens is 1. The second kappa shape index (κ2) is 6.36. The minimum absolute atomic E-state index is 0.0604. The van der Waals surface area contributed by atoms with Crippen molar-refractivity contribution in [1.82, 2.24) is 9.97 Å². The lowest BCUT2D eigenvalue weighted by Gasteiger charge is -2.24. The molecule has 0 aliphatic carbocycles. The van der Waals surface area contributed by atoms with Gasteiger partial charge < -0.3 is 19.8 Å². The number of halogens is 1. The van der Waals surface area contributed by atoms with Crippen molar-refractivity contribution >= 4 is 62.0 Å². The maximum atomic E-state index is 13.0. The summed E-state index contributed by atoms with van der Waals surface area (Å²) in [6.07, 6.45) is 3.53. The summed E-state index contributed by atoms with van der Waals surface area (Å²) < 4.78 is 11.7. The first kappa shape index (κ1) is 18.0. The van der Waals surface area contributed by atoms with Crippen LogP contribution < -0.4 is 10.1 Å². The Morgan fingerprint density at radius 2 is 2.22 bits per heavy atom. The number of cyclic esters (lactones) is 1. The highest BCUT2D eigenvalue weighted by Gasteiger charge is 2.46. The molecule has 3 aromatic rings. The fourth-order valence-corrected chi connectivity index (χ4v) is 4.40. The van der Waals surface area contributed by atoms with E-state index in [0.29, 0.717) is 11.4 Å². The Hall–Kier alpha value is -2.36. The van der Waals surface area contributed by atoms with Crippen molar-refractivity contribution in [2.75, 3.05) is 12.4 Å². The van der Waals surface area contributed by atoms with E-state index in [1.807, 2.05) is 12.1 Å². The number of rotatable bonds is 3. The minimum atomic E-state index is -0.847. The molecule has 2 aromatic heterocycles. The number of methoxy groups -OCH3 is 1. The quantitative estimate of drug-likeness (QED) is 0.443. The predicted octanol–water partition coefficient (Wildman–Crippen LogP) is 3.61. The molecule has 0 saturated carbocycles. The van der Waals surface area contributed by atoms with Gasteiger partial charge in [0.15, 0.2) is 5.75 Å². The second-order valence-corrected chi connectivity index (χ2v) is 8.22. The van der Waals surface area contributed by atoms with Crippen molar-refractivity contribution in [2.45, 2.75) is 25.9 Å². The van der Waals surface area contributed by atoms with Crippen LogP contribution in [0.4, 0.5) is 5.69 Å². The first-order valence-corrected chi connectivity index (χ1v) is 9.54. The molecule has 27 heavy (non-hydrogen) atoms. The summed E-state index contributed by atoms with van der Waals surface area (Å²) in [4.78, 5) is 32.1. The summed E-state index contributed by atoms with van der Waals surface area (Å²) in [6.45, 7) is 3.50. The summed E-state index contributed by atoms with van der Waals surface area (Å²) in [5.74, 6) is -0.645. The summed E-state index contributed by atoms with van der Waals surface area (Å²) in [5, 5.41) is 4.95. The lowest BCUT2D eigenvalue weighted by Crippen LogP contribution is -2.36. The molecule has 1 saturated heterocycles. The first-order valence-electron chi connectivity index (χ1n) is 8.46. The number of fused-ring (bicyclic) bond motifs is 3. The summed E-state index contributed by atoms with van der Waals surface area (Å²) in [7, 11) is 1.56. The maximum Gasteiger partial charge on any atom is 0.307 e. The van der Waals surface area contributed by atoms with Crippen LogP contribution in [0.2, 0.25) is 0 Å². The molecule has 1 amide bonds. The predicted molar refractivity (Wildman–Crippen MR) is 110 cm³/mol. The molecule has 3 heterocycles. The van der Waals surface area contributed by atoms with Crippen molar-refractivity contribution in [2.24, 2.45) is 5.92 Å². The molecular weight excluding hydrogens is 461 g/mol. The van der Waals surface area contributed by atoms with Crippen molar-refractivity contribution in [3.63, 3.8) is 0 Å². The van der Waals surface area contributed by atoms with Crippen LogP contribution in [-0.2, 0) is 14.3 Å². The van der Waals surface area contributed by atoms with Crippen LogP contribution in [0.1, 0.15) is 20.3 Å². The van der Waals surface area contributed by atoms with E-state index in [1.54, 1.807) is 33.4 Å². The Bertz CT molecular complexity index is 1090. The van der Waals surface area contributed by atoms with E-state index in [9.17, 15) is 9.59 Å². The number of aromatic amines is 1. The highest BCUT2D eigenvalue weighted by Crippen LogP contribution is 2.41. The second-order valence-electron chi connectivity index (χ2n) is 7.06. The highest BCUT2D eigenvalue weighted by molar-refractivity contribution is 14.1. The number of hydrogen-bond acceptors (Lipinski definition) is 5. The van der Waals surface area contributed by atoms with E-state index < -0.39 is 11.5 Å². The van der Waals surface area contributed by atoms with Gasteiger partial charge in [0.2, 0.25) is 5.91 Å². The number of anilines is 1. The topological polar surface area (TPSA) is 93.3 Å². The van der Waals surface area contributed by atoms with Crippen LogP contribution in [0.25, 0.3) is 21.8 Å². The molecule has 7 nitrogen and oxygen atoms in total. The zero-order chi connectivity index (χ0) is 19.3. The third-order valence-electron chi connectivity index (χ3n) is 4.96. The molecule has 0 spiro atoms. The number of carbonyl (C=O) groups excluding carboxylic acids is 2. The Kier molecular flexibility index (Phi) is 4.25. The van der Waals surface area contributed by atoms with E-state index >= 15 is 0 Å². The fraction of sp³-hybridized carbons (Fsp3) is 0.316. The van der Waals surface area contributed by atoms with Crippen molar-refractivity contribution in [3.8, 4) is 5.75 Å². The van der Waals surface area contributed by atoms with E-state index in [2.05, 4.69) is 37.9 Å². The van der Waals surface area contributed by atoms with Gasteiger partial charge in [0.05, 0.1) is 40.2 Å². The molecule has 1 atom stereocenters. The van der Waals surface area contributed by atoms with Gasteiger partial charge in [0.1, 0.15) is 11.3 Å². The molecule has 1 unspecified atom stereocenters. The molecule has 1 aliphatic rings. The number of nitrogens with one attached hydrogen (secondary N) is 2. The molecule has 0 radical (unpaired) electrons. The largest absolute Gasteiger partial charge is 0.493 e. The van der Waals surface area contributed by atoms with Crippen molar-refractivity contribution in [3.05, 3.63) is 28.1 Å².